The van der Waals surface area contributed by atoms with Crippen LogP contribution in [0.5, 0.6) is 0 Å². The molecule has 0 aromatic heterocycles. The van der Waals surface area contributed by atoms with Crippen LogP contribution in [0.15, 0.2) is 0 Å². The number of rotatable bonds is 2. The van der Waals surface area contributed by atoms with Gasteiger partial charge in [0.05, 0.1) is 5.75 Å². The molecule has 1 rings (SSSR count). The molecule has 1 unspecified atom stereocenters. The van der Waals surface area contributed by atoms with E-state index < -0.39 is 0 Å². The van der Waals surface area contributed by atoms with Crippen molar-refractivity contribution in [2.45, 2.75) is 23.8 Å². The number of carbonyl (C=O) groups is 1. The first-order chi connectivity index (χ1) is 4.68. The van der Waals surface area contributed by atoms with Crippen molar-refractivity contribution in [1.82, 2.24) is 5.32 Å². The number of nitrogens with one attached hydrogen (secondary N) is 1. The van der Waals surface area contributed by atoms with Gasteiger partial charge in [0.15, 0.2) is 0 Å². The van der Waals surface area contributed by atoms with E-state index in [-0.39, 0.29) is 5.91 Å². The lowest BCUT2D eigenvalue weighted by atomic mass is 10.6. The van der Waals surface area contributed by atoms with Gasteiger partial charge in [-0.3, -0.25) is 4.79 Å². The third-order valence-electron chi connectivity index (χ3n) is 1.04. The molecule has 1 aliphatic rings. The summed E-state index contributed by atoms with van der Waals surface area (Å²) in [6.45, 7) is 4.27. The Kier molecular flexibility index (Phi) is 2.92. The molecular formula is C6H11NOS2. The van der Waals surface area contributed by atoms with Crippen molar-refractivity contribution in [3.8, 4) is 0 Å². The molecule has 0 radical (unpaired) electrons. The summed E-state index contributed by atoms with van der Waals surface area (Å²) in [5.74, 6) is 0.799. The van der Waals surface area contributed by atoms with Gasteiger partial charge < -0.3 is 5.32 Å². The van der Waals surface area contributed by atoms with Gasteiger partial charge in [-0.1, -0.05) is 13.8 Å². The summed E-state index contributed by atoms with van der Waals surface area (Å²) >= 11 is 3.48. The van der Waals surface area contributed by atoms with Crippen molar-refractivity contribution in [2.24, 2.45) is 0 Å². The molecule has 1 heterocycles. The van der Waals surface area contributed by atoms with E-state index in [2.05, 4.69) is 19.2 Å². The van der Waals surface area contributed by atoms with Crippen LogP contribution in [-0.2, 0) is 4.79 Å². The fourth-order valence-corrected chi connectivity index (χ4v) is 3.17. The highest BCUT2D eigenvalue weighted by Gasteiger charge is 2.21. The zero-order chi connectivity index (χ0) is 7.56. The Bertz CT molecular complexity index is 138. The summed E-state index contributed by atoms with van der Waals surface area (Å²) < 4.78 is 0.299. The molecule has 1 atom stereocenters. The summed E-state index contributed by atoms with van der Waals surface area (Å²) in [5.41, 5.74) is 0. The maximum Gasteiger partial charge on any atom is 0.231 e. The Morgan fingerprint density at radius 1 is 1.80 bits per heavy atom. The van der Waals surface area contributed by atoms with Gasteiger partial charge in [-0.05, 0) is 0 Å². The number of hydrogen-bond donors (Lipinski definition) is 1. The number of hydrogen-bond acceptors (Lipinski definition) is 3. The molecule has 58 valence electrons. The average Bonchev–Trinajstić information content (AvgIpc) is 2.13. The molecule has 0 aromatic rings. The topological polar surface area (TPSA) is 29.1 Å². The van der Waals surface area contributed by atoms with Crippen molar-refractivity contribution < 1.29 is 4.79 Å². The molecule has 10 heavy (non-hydrogen) atoms. The highest BCUT2D eigenvalue weighted by Crippen LogP contribution is 2.28. The number of amides is 1. The van der Waals surface area contributed by atoms with Gasteiger partial charge in [0, 0.05) is 5.25 Å². The number of carbonyl (C=O) groups excluding carboxylic acids is 1. The van der Waals surface area contributed by atoms with Crippen LogP contribution in [0, 0.1) is 0 Å². The van der Waals surface area contributed by atoms with Gasteiger partial charge in [0.1, 0.15) is 4.71 Å². The molecule has 0 saturated carbocycles. The van der Waals surface area contributed by atoms with Crippen LogP contribution in [0.1, 0.15) is 13.8 Å². The predicted octanol–water partition coefficient (Wildman–Crippen LogP) is 1.27. The molecule has 1 fully saturated rings. The molecule has 0 bridgehead atoms. The van der Waals surface area contributed by atoms with Crippen molar-refractivity contribution in [1.29, 1.82) is 0 Å². The molecule has 1 N–H and O–H groups in total. The first-order valence-electron chi connectivity index (χ1n) is 3.25. The minimum atomic E-state index is 0.170. The van der Waals surface area contributed by atoms with Crippen LogP contribution in [0.25, 0.3) is 0 Å². The molecule has 4 heteroatoms. The quantitative estimate of drug-likeness (QED) is 0.689. The Labute approximate surface area is 69.5 Å². The van der Waals surface area contributed by atoms with E-state index in [1.807, 2.05) is 0 Å². The monoisotopic (exact) mass is 177 g/mol. The van der Waals surface area contributed by atoms with E-state index in [0.717, 1.165) is 0 Å². The number of thioether (sulfide) groups is 2. The molecule has 2 nitrogen and oxygen atoms in total. The second-order valence-electron chi connectivity index (χ2n) is 2.40. The van der Waals surface area contributed by atoms with Crippen molar-refractivity contribution in [3.63, 3.8) is 0 Å². The summed E-state index contributed by atoms with van der Waals surface area (Å²) in [4.78, 5) is 10.7. The van der Waals surface area contributed by atoms with E-state index in [1.54, 1.807) is 23.5 Å². The normalized spacial score (nSPS) is 25.5. The van der Waals surface area contributed by atoms with E-state index in [1.165, 1.54) is 0 Å². The Hall–Kier alpha value is 0.170. The highest BCUT2D eigenvalue weighted by molar-refractivity contribution is 8.17. The maximum absolute atomic E-state index is 10.7. The zero-order valence-corrected chi connectivity index (χ0v) is 7.72. The van der Waals surface area contributed by atoms with Gasteiger partial charge >= 0.3 is 0 Å². The standard InChI is InChI=1S/C6H11NOS2/c1-4(2)10-6-7-5(8)3-9-6/h4,6H,3H2,1-2H3,(H,7,8). The van der Waals surface area contributed by atoms with Crippen LogP contribution in [0.4, 0.5) is 0 Å². The molecule has 0 aliphatic carbocycles. The Balaban J connectivity index is 2.24. The molecule has 1 aliphatic heterocycles. The first kappa shape index (κ1) is 8.27. The lowest BCUT2D eigenvalue weighted by molar-refractivity contribution is -0.117. The summed E-state index contributed by atoms with van der Waals surface area (Å²) in [7, 11) is 0. The second kappa shape index (κ2) is 3.53. The lowest BCUT2D eigenvalue weighted by Gasteiger charge is -2.10. The molecule has 0 spiro atoms. The van der Waals surface area contributed by atoms with E-state index >= 15 is 0 Å². The van der Waals surface area contributed by atoms with Crippen LogP contribution < -0.4 is 5.32 Å². The van der Waals surface area contributed by atoms with Gasteiger partial charge in [0.2, 0.25) is 5.91 Å². The van der Waals surface area contributed by atoms with E-state index in [0.29, 0.717) is 15.7 Å². The van der Waals surface area contributed by atoms with Gasteiger partial charge in [-0.15, -0.1) is 23.5 Å². The van der Waals surface area contributed by atoms with Crippen LogP contribution >= 0.6 is 23.5 Å². The largest absolute Gasteiger partial charge is 0.335 e. The summed E-state index contributed by atoms with van der Waals surface area (Å²) in [5, 5.41) is 3.47. The maximum atomic E-state index is 10.7. The van der Waals surface area contributed by atoms with Crippen molar-refractivity contribution in [3.05, 3.63) is 0 Å². The van der Waals surface area contributed by atoms with E-state index in [9.17, 15) is 4.79 Å². The predicted molar refractivity (Wildman–Crippen MR) is 47.1 cm³/mol. The van der Waals surface area contributed by atoms with Crippen LogP contribution in [0.2, 0.25) is 0 Å². The van der Waals surface area contributed by atoms with Crippen molar-refractivity contribution in [2.75, 3.05) is 5.75 Å². The van der Waals surface area contributed by atoms with Crippen LogP contribution in [0.3, 0.4) is 0 Å². The Morgan fingerprint density at radius 3 is 2.90 bits per heavy atom. The fraction of sp³-hybridized carbons (Fsp3) is 0.833. The highest BCUT2D eigenvalue weighted by atomic mass is 32.2. The molecule has 1 saturated heterocycles. The zero-order valence-electron chi connectivity index (χ0n) is 6.09. The third kappa shape index (κ3) is 2.42. The fourth-order valence-electron chi connectivity index (χ4n) is 0.687. The smallest absolute Gasteiger partial charge is 0.231 e. The van der Waals surface area contributed by atoms with Gasteiger partial charge in [-0.25, -0.2) is 0 Å². The first-order valence-corrected chi connectivity index (χ1v) is 5.24. The molecule has 1 amide bonds. The molecule has 0 aromatic carbocycles. The average molecular weight is 177 g/mol. The Morgan fingerprint density at radius 2 is 2.50 bits per heavy atom. The lowest BCUT2D eigenvalue weighted by Crippen LogP contribution is -2.23. The van der Waals surface area contributed by atoms with Gasteiger partial charge in [-0.2, -0.15) is 0 Å². The minimum Gasteiger partial charge on any atom is -0.335 e. The minimum absolute atomic E-state index is 0.170. The van der Waals surface area contributed by atoms with Crippen LogP contribution in [-0.4, -0.2) is 21.6 Å². The van der Waals surface area contributed by atoms with E-state index in [4.69, 9.17) is 0 Å². The van der Waals surface area contributed by atoms with Gasteiger partial charge in [0.25, 0.3) is 0 Å². The SMILES string of the molecule is CC(C)SC1NC(=O)CS1. The summed E-state index contributed by atoms with van der Waals surface area (Å²) in [6, 6.07) is 0. The second-order valence-corrected chi connectivity index (χ2v) is 5.47. The van der Waals surface area contributed by atoms with Crippen molar-refractivity contribution >= 4 is 29.4 Å². The third-order valence-corrected chi connectivity index (χ3v) is 3.54. The molecular weight excluding hydrogens is 166 g/mol. The summed E-state index contributed by atoms with van der Waals surface area (Å²) in [6.07, 6.45) is 0.